The van der Waals surface area contributed by atoms with E-state index >= 15 is 0 Å². The average molecular weight is 271 g/mol. The molecular weight excluding hydrogens is 250 g/mol. The fourth-order valence-corrected chi connectivity index (χ4v) is 2.22. The van der Waals surface area contributed by atoms with Crippen molar-refractivity contribution < 1.29 is 9.90 Å². The molecule has 1 rings (SSSR count). The van der Waals surface area contributed by atoms with E-state index in [-0.39, 0.29) is 18.7 Å². The summed E-state index contributed by atoms with van der Waals surface area (Å²) < 4.78 is 0. The van der Waals surface area contributed by atoms with Gasteiger partial charge in [-0.25, -0.2) is 9.78 Å². The van der Waals surface area contributed by atoms with Crippen LogP contribution in [0.5, 0.6) is 0 Å². The average Bonchev–Trinajstić information content (AvgIpc) is 2.84. The molecule has 2 amide bonds. The summed E-state index contributed by atoms with van der Waals surface area (Å²) in [4.78, 5) is 15.9. The molecule has 6 heteroatoms. The van der Waals surface area contributed by atoms with E-state index in [2.05, 4.69) is 22.5 Å². The van der Waals surface area contributed by atoms with Gasteiger partial charge in [0.15, 0.2) is 0 Å². The Labute approximate surface area is 112 Å². The summed E-state index contributed by atoms with van der Waals surface area (Å²) in [7, 11) is 0. The summed E-state index contributed by atoms with van der Waals surface area (Å²) in [6, 6.07) is -0.405. The van der Waals surface area contributed by atoms with Crippen molar-refractivity contribution in [3.63, 3.8) is 0 Å². The number of nitrogens with zero attached hydrogens (tertiary/aromatic N) is 1. The van der Waals surface area contributed by atoms with Crippen LogP contribution in [0.1, 0.15) is 31.0 Å². The highest BCUT2D eigenvalue weighted by atomic mass is 32.1. The van der Waals surface area contributed by atoms with Crippen molar-refractivity contribution in [2.24, 2.45) is 0 Å². The lowest BCUT2D eigenvalue weighted by atomic mass is 10.2. The van der Waals surface area contributed by atoms with E-state index in [4.69, 9.17) is 5.11 Å². The normalized spacial score (nSPS) is 12.2. The lowest BCUT2D eigenvalue weighted by Gasteiger charge is -2.14. The van der Waals surface area contributed by atoms with Crippen molar-refractivity contribution in [2.75, 3.05) is 13.2 Å². The second-order valence-corrected chi connectivity index (χ2v) is 4.97. The fraction of sp³-hybridized carbons (Fsp3) is 0.667. The van der Waals surface area contributed by atoms with Crippen molar-refractivity contribution in [1.82, 2.24) is 15.6 Å². The van der Waals surface area contributed by atoms with E-state index in [1.165, 1.54) is 0 Å². The minimum Gasteiger partial charge on any atom is -0.394 e. The molecule has 0 radical (unpaired) electrons. The highest BCUT2D eigenvalue weighted by Gasteiger charge is 2.08. The third-order valence-corrected chi connectivity index (χ3v) is 3.66. The highest BCUT2D eigenvalue weighted by molar-refractivity contribution is 7.09. The molecule has 0 aliphatic rings. The summed E-state index contributed by atoms with van der Waals surface area (Å²) in [6.45, 7) is 4.52. The number of hydrogen-bond donors (Lipinski definition) is 3. The first-order chi connectivity index (χ1) is 8.69. The molecule has 0 aliphatic heterocycles. The van der Waals surface area contributed by atoms with Crippen LogP contribution in [0.2, 0.25) is 0 Å². The van der Waals surface area contributed by atoms with Crippen LogP contribution in [0.25, 0.3) is 0 Å². The molecular formula is C12H21N3O2S. The minimum atomic E-state index is -0.234. The van der Waals surface area contributed by atoms with Gasteiger partial charge in [0.1, 0.15) is 0 Å². The summed E-state index contributed by atoms with van der Waals surface area (Å²) >= 11 is 1.65. The maximum Gasteiger partial charge on any atom is 0.315 e. The molecule has 5 nitrogen and oxygen atoms in total. The van der Waals surface area contributed by atoms with Crippen molar-refractivity contribution >= 4 is 17.4 Å². The van der Waals surface area contributed by atoms with Crippen molar-refractivity contribution in [1.29, 1.82) is 0 Å². The Hall–Kier alpha value is -1.14. The number of hydrogen-bond acceptors (Lipinski definition) is 4. The number of rotatable bonds is 7. The largest absolute Gasteiger partial charge is 0.394 e. The van der Waals surface area contributed by atoms with Gasteiger partial charge in [-0.05, 0) is 12.8 Å². The Morgan fingerprint density at radius 1 is 1.56 bits per heavy atom. The molecule has 1 atom stereocenters. The van der Waals surface area contributed by atoms with Gasteiger partial charge in [-0.3, -0.25) is 0 Å². The Morgan fingerprint density at radius 2 is 2.33 bits per heavy atom. The number of aliphatic hydroxyl groups is 1. The van der Waals surface area contributed by atoms with E-state index in [0.717, 1.165) is 30.0 Å². The number of nitrogens with one attached hydrogen (secondary N) is 2. The van der Waals surface area contributed by atoms with Gasteiger partial charge < -0.3 is 15.7 Å². The van der Waals surface area contributed by atoms with Crippen molar-refractivity contribution in [3.8, 4) is 0 Å². The van der Waals surface area contributed by atoms with Gasteiger partial charge in [-0.15, -0.1) is 11.3 Å². The predicted molar refractivity (Wildman–Crippen MR) is 72.9 cm³/mol. The lowest BCUT2D eigenvalue weighted by molar-refractivity contribution is 0.214. The van der Waals surface area contributed by atoms with Crippen LogP contribution < -0.4 is 10.6 Å². The molecule has 1 heterocycles. The maximum atomic E-state index is 11.5. The fourth-order valence-electron chi connectivity index (χ4n) is 1.44. The van der Waals surface area contributed by atoms with Gasteiger partial charge in [0.05, 0.1) is 23.4 Å². The Morgan fingerprint density at radius 3 is 2.89 bits per heavy atom. The van der Waals surface area contributed by atoms with Gasteiger partial charge in [-0.2, -0.15) is 0 Å². The zero-order valence-corrected chi connectivity index (χ0v) is 11.7. The third kappa shape index (κ3) is 5.01. The van der Waals surface area contributed by atoms with Crippen LogP contribution >= 0.6 is 11.3 Å². The molecule has 1 aromatic heterocycles. The minimum absolute atomic E-state index is 0.0319. The molecule has 102 valence electrons. The van der Waals surface area contributed by atoms with E-state index in [1.807, 2.05) is 12.3 Å². The zero-order valence-electron chi connectivity index (χ0n) is 10.9. The summed E-state index contributed by atoms with van der Waals surface area (Å²) in [5, 5.41) is 17.6. The Balaban J connectivity index is 2.22. The quantitative estimate of drug-likeness (QED) is 0.700. The van der Waals surface area contributed by atoms with E-state index in [0.29, 0.717) is 6.54 Å². The molecule has 0 fully saturated rings. The van der Waals surface area contributed by atoms with E-state index < -0.39 is 0 Å². The smallest absolute Gasteiger partial charge is 0.315 e. The number of thiazole rings is 1. The van der Waals surface area contributed by atoms with E-state index in [9.17, 15) is 4.79 Å². The van der Waals surface area contributed by atoms with Crippen LogP contribution in [0, 0.1) is 0 Å². The number of amides is 2. The third-order valence-electron chi connectivity index (χ3n) is 2.62. The monoisotopic (exact) mass is 271 g/mol. The van der Waals surface area contributed by atoms with Crippen molar-refractivity contribution in [2.45, 2.75) is 39.2 Å². The second kappa shape index (κ2) is 8.05. The molecule has 0 aromatic carbocycles. The number of urea groups is 1. The first-order valence-corrected chi connectivity index (χ1v) is 7.16. The van der Waals surface area contributed by atoms with Gasteiger partial charge >= 0.3 is 6.03 Å². The van der Waals surface area contributed by atoms with Gasteiger partial charge in [-0.1, -0.05) is 13.8 Å². The molecule has 0 bridgehead atoms. The topological polar surface area (TPSA) is 74.2 Å². The molecule has 0 saturated carbocycles. The first kappa shape index (κ1) is 14.9. The molecule has 1 unspecified atom stereocenters. The molecule has 3 N–H and O–H groups in total. The summed E-state index contributed by atoms with van der Waals surface area (Å²) in [5.74, 6) is 0. The second-order valence-electron chi connectivity index (χ2n) is 4.02. The molecule has 0 aliphatic carbocycles. The summed E-state index contributed by atoms with van der Waals surface area (Å²) in [6.07, 6.45) is 2.41. The number of aliphatic hydroxyl groups excluding tert-OH is 1. The zero-order chi connectivity index (χ0) is 13.4. The summed E-state index contributed by atoms with van der Waals surface area (Å²) in [5.41, 5.74) is 1.02. The Bertz CT molecular complexity index is 364. The number of carbonyl (C=O) groups excluding carboxylic acids is 1. The van der Waals surface area contributed by atoms with Crippen LogP contribution in [0.15, 0.2) is 5.38 Å². The standard InChI is InChI=1S/C12H21N3O2S/c1-3-9(7-16)15-12(17)13-6-5-10-8-18-11(4-2)14-10/h8-9,16H,3-7H2,1-2H3,(H2,13,15,17). The SMILES string of the molecule is CCc1nc(CCNC(=O)NC(CC)CO)cs1. The Kier molecular flexibility index (Phi) is 6.67. The number of aryl methyl sites for hydroxylation is 1. The predicted octanol–water partition coefficient (Wildman–Crippen LogP) is 1.32. The number of carbonyl (C=O) groups is 1. The van der Waals surface area contributed by atoms with Crippen molar-refractivity contribution in [3.05, 3.63) is 16.1 Å². The first-order valence-electron chi connectivity index (χ1n) is 6.28. The van der Waals surface area contributed by atoms with Crippen LogP contribution in [-0.2, 0) is 12.8 Å². The number of aromatic nitrogens is 1. The maximum absolute atomic E-state index is 11.5. The molecule has 0 spiro atoms. The molecule has 18 heavy (non-hydrogen) atoms. The van der Waals surface area contributed by atoms with Crippen LogP contribution in [0.4, 0.5) is 4.79 Å². The molecule has 1 aromatic rings. The highest BCUT2D eigenvalue weighted by Crippen LogP contribution is 2.10. The van der Waals surface area contributed by atoms with Gasteiger partial charge in [0.2, 0.25) is 0 Å². The van der Waals surface area contributed by atoms with E-state index in [1.54, 1.807) is 11.3 Å². The van der Waals surface area contributed by atoms with Gasteiger partial charge in [0, 0.05) is 18.3 Å². The van der Waals surface area contributed by atoms with Gasteiger partial charge in [0.25, 0.3) is 0 Å². The molecule has 0 saturated heterocycles. The lowest BCUT2D eigenvalue weighted by Crippen LogP contribution is -2.44. The van der Waals surface area contributed by atoms with Crippen LogP contribution in [0.3, 0.4) is 0 Å². The van der Waals surface area contributed by atoms with Crippen LogP contribution in [-0.4, -0.2) is 35.3 Å².